The summed E-state index contributed by atoms with van der Waals surface area (Å²) in [5.74, 6) is 0.632. The summed E-state index contributed by atoms with van der Waals surface area (Å²) in [7, 11) is 0. The molecule has 0 aliphatic carbocycles. The van der Waals surface area contributed by atoms with Crippen LogP contribution >= 0.6 is 0 Å². The minimum Gasteiger partial charge on any atom is -0.490 e. The summed E-state index contributed by atoms with van der Waals surface area (Å²) in [4.78, 5) is 11.3. The van der Waals surface area contributed by atoms with E-state index in [-0.39, 0.29) is 6.03 Å². The lowest BCUT2D eigenvalue weighted by Gasteiger charge is -2.10. The van der Waals surface area contributed by atoms with Crippen molar-refractivity contribution in [2.75, 3.05) is 18.5 Å². The number of nitrogens with one attached hydrogen (secondary N) is 2. The van der Waals surface area contributed by atoms with E-state index in [1.807, 2.05) is 18.2 Å². The highest BCUT2D eigenvalue weighted by Crippen LogP contribution is 2.36. The first-order valence-electron chi connectivity index (χ1n) is 7.27. The maximum absolute atomic E-state index is 11.3. The van der Waals surface area contributed by atoms with Gasteiger partial charge >= 0.3 is 6.03 Å². The number of fused-ring (bicyclic) bond motifs is 1. The van der Waals surface area contributed by atoms with E-state index in [2.05, 4.69) is 47.1 Å². The van der Waals surface area contributed by atoms with Gasteiger partial charge in [-0.2, -0.15) is 5.32 Å². The number of hydrogen-bond acceptors (Lipinski definition) is 3. The van der Waals surface area contributed by atoms with Gasteiger partial charge in [-0.15, -0.1) is 0 Å². The molecule has 2 amide bonds. The molecular formula is C17H18N3O2. The molecule has 113 valence electrons. The first-order chi connectivity index (χ1) is 10.7. The molecule has 2 aromatic carbocycles. The van der Waals surface area contributed by atoms with Crippen molar-refractivity contribution in [1.82, 2.24) is 10.6 Å². The largest absolute Gasteiger partial charge is 0.490 e. The van der Waals surface area contributed by atoms with Crippen molar-refractivity contribution >= 4 is 17.4 Å². The Balaban J connectivity index is 1.45. The number of rotatable bonds is 6. The minimum atomic E-state index is -0.344. The van der Waals surface area contributed by atoms with E-state index in [0.717, 1.165) is 13.1 Å². The highest BCUT2D eigenvalue weighted by molar-refractivity contribution is 6.03. The molecule has 0 atom stereocenters. The van der Waals surface area contributed by atoms with Crippen LogP contribution in [0.2, 0.25) is 0 Å². The van der Waals surface area contributed by atoms with Gasteiger partial charge in [0.25, 0.3) is 0 Å². The molecule has 22 heavy (non-hydrogen) atoms. The second-order valence-corrected chi connectivity index (χ2v) is 5.21. The van der Waals surface area contributed by atoms with Crippen LogP contribution in [0.3, 0.4) is 0 Å². The van der Waals surface area contributed by atoms with Crippen molar-refractivity contribution in [1.29, 1.82) is 0 Å². The number of amides is 2. The van der Waals surface area contributed by atoms with Gasteiger partial charge < -0.3 is 15.4 Å². The molecule has 0 unspecified atom stereocenters. The van der Waals surface area contributed by atoms with Gasteiger partial charge in [0.2, 0.25) is 0 Å². The third kappa shape index (κ3) is 3.38. The zero-order valence-corrected chi connectivity index (χ0v) is 12.4. The van der Waals surface area contributed by atoms with Crippen molar-refractivity contribution in [2.24, 2.45) is 0 Å². The Kier molecular flexibility index (Phi) is 4.25. The summed E-state index contributed by atoms with van der Waals surface area (Å²) in [6, 6.07) is 13.6. The molecule has 0 bridgehead atoms. The number of aryl methyl sites for hydroxylation is 1. The normalized spacial score (nSPS) is 12.5. The van der Waals surface area contributed by atoms with E-state index in [1.165, 1.54) is 11.1 Å². The molecule has 0 saturated heterocycles. The van der Waals surface area contributed by atoms with Gasteiger partial charge in [-0.05, 0) is 24.6 Å². The van der Waals surface area contributed by atoms with E-state index in [0.29, 0.717) is 23.7 Å². The van der Waals surface area contributed by atoms with Crippen LogP contribution in [-0.2, 0) is 6.54 Å². The molecule has 1 radical (unpaired) electrons. The van der Waals surface area contributed by atoms with Crippen molar-refractivity contribution in [3.8, 4) is 5.75 Å². The number of benzene rings is 2. The lowest BCUT2D eigenvalue weighted by molar-refractivity contribution is 0.255. The molecule has 0 aromatic heterocycles. The molecule has 3 rings (SSSR count). The topological polar surface area (TPSA) is 64.5 Å². The lowest BCUT2D eigenvalue weighted by Crippen LogP contribution is -2.20. The fraction of sp³-hybridized carbons (Fsp3) is 0.235. The third-order valence-corrected chi connectivity index (χ3v) is 3.44. The Morgan fingerprint density at radius 1 is 1.18 bits per heavy atom. The molecule has 0 fully saturated rings. The highest BCUT2D eigenvalue weighted by atomic mass is 16.5. The quantitative estimate of drug-likeness (QED) is 0.806. The van der Waals surface area contributed by atoms with Crippen molar-refractivity contribution in [3.63, 3.8) is 0 Å². The Morgan fingerprint density at radius 2 is 2.00 bits per heavy atom. The summed E-state index contributed by atoms with van der Waals surface area (Å²) in [5, 5.41) is 9.91. The molecule has 1 aliphatic heterocycles. The zero-order chi connectivity index (χ0) is 15.4. The zero-order valence-electron chi connectivity index (χ0n) is 12.4. The van der Waals surface area contributed by atoms with Crippen molar-refractivity contribution in [3.05, 3.63) is 53.6 Å². The van der Waals surface area contributed by atoms with E-state index < -0.39 is 0 Å². The molecule has 5 heteroatoms. The molecular weight excluding hydrogens is 278 g/mol. The lowest BCUT2D eigenvalue weighted by atomic mass is 10.1. The maximum Gasteiger partial charge on any atom is 0.346 e. The predicted octanol–water partition coefficient (Wildman–Crippen LogP) is 2.95. The van der Waals surface area contributed by atoms with E-state index >= 15 is 0 Å². The SMILES string of the molecule is Cc1ccc(CNCCOc2cccc3c2[N]C(=O)N3)cc1. The molecule has 0 saturated carbocycles. The van der Waals surface area contributed by atoms with E-state index in [4.69, 9.17) is 4.74 Å². The number of urea groups is 1. The number of ether oxygens (including phenoxy) is 1. The van der Waals surface area contributed by atoms with Crippen molar-refractivity contribution in [2.45, 2.75) is 13.5 Å². The van der Waals surface area contributed by atoms with Gasteiger partial charge in [0.15, 0.2) is 0 Å². The van der Waals surface area contributed by atoms with Crippen LogP contribution in [0.15, 0.2) is 42.5 Å². The highest BCUT2D eigenvalue weighted by Gasteiger charge is 2.22. The van der Waals surface area contributed by atoms with Crippen LogP contribution < -0.4 is 20.7 Å². The Hall–Kier alpha value is -2.53. The van der Waals surface area contributed by atoms with Gasteiger partial charge in [0, 0.05) is 13.1 Å². The number of para-hydroxylation sites is 1. The molecule has 1 aliphatic rings. The number of anilines is 1. The van der Waals surface area contributed by atoms with Crippen LogP contribution in [0, 0.1) is 6.92 Å². The summed E-state index contributed by atoms with van der Waals surface area (Å²) in [6.45, 7) is 4.12. The third-order valence-electron chi connectivity index (χ3n) is 3.44. The summed E-state index contributed by atoms with van der Waals surface area (Å²) in [6.07, 6.45) is 0. The summed E-state index contributed by atoms with van der Waals surface area (Å²) < 4.78 is 5.71. The predicted molar refractivity (Wildman–Crippen MR) is 85.6 cm³/mol. The minimum absolute atomic E-state index is 0.344. The number of carbonyl (C=O) groups excluding carboxylic acids is 1. The number of carbonyl (C=O) groups is 1. The maximum atomic E-state index is 11.3. The molecule has 0 spiro atoms. The van der Waals surface area contributed by atoms with Crippen LogP contribution in [0.5, 0.6) is 5.75 Å². The van der Waals surface area contributed by atoms with Gasteiger partial charge in [-0.1, -0.05) is 35.9 Å². The average Bonchev–Trinajstić information content (AvgIpc) is 2.90. The van der Waals surface area contributed by atoms with Gasteiger partial charge in [0.05, 0.1) is 5.69 Å². The average molecular weight is 296 g/mol. The Bertz CT molecular complexity index is 668. The first kappa shape index (κ1) is 14.4. The van der Waals surface area contributed by atoms with Crippen LogP contribution in [0.25, 0.3) is 0 Å². The molecule has 5 nitrogen and oxygen atoms in total. The van der Waals surface area contributed by atoms with Crippen LogP contribution in [-0.4, -0.2) is 19.2 Å². The molecule has 1 heterocycles. The van der Waals surface area contributed by atoms with Crippen LogP contribution in [0.4, 0.5) is 16.2 Å². The Morgan fingerprint density at radius 3 is 2.82 bits per heavy atom. The monoisotopic (exact) mass is 296 g/mol. The van der Waals surface area contributed by atoms with Crippen molar-refractivity contribution < 1.29 is 9.53 Å². The second-order valence-electron chi connectivity index (χ2n) is 5.21. The van der Waals surface area contributed by atoms with Gasteiger partial charge in [-0.25, -0.2) is 4.79 Å². The fourth-order valence-corrected chi connectivity index (χ4v) is 2.27. The fourth-order valence-electron chi connectivity index (χ4n) is 2.27. The number of hydrogen-bond donors (Lipinski definition) is 2. The smallest absolute Gasteiger partial charge is 0.346 e. The standard InChI is InChI=1S/C17H18N3O2/c1-12-5-7-13(8-6-12)11-18-9-10-22-15-4-2-3-14-16(15)20-17(21)19-14/h2-8,18H,9-11H2,1H3,(H,19,21). The van der Waals surface area contributed by atoms with E-state index in [1.54, 1.807) is 0 Å². The molecule has 2 aromatic rings. The summed E-state index contributed by atoms with van der Waals surface area (Å²) in [5.41, 5.74) is 3.80. The Labute approximate surface area is 129 Å². The van der Waals surface area contributed by atoms with Crippen LogP contribution in [0.1, 0.15) is 11.1 Å². The van der Waals surface area contributed by atoms with E-state index in [9.17, 15) is 4.79 Å². The first-order valence-corrected chi connectivity index (χ1v) is 7.27. The second kappa shape index (κ2) is 6.49. The number of nitrogens with zero attached hydrogens (tertiary/aromatic N) is 1. The van der Waals surface area contributed by atoms with Gasteiger partial charge in [-0.3, -0.25) is 0 Å². The molecule has 2 N–H and O–H groups in total. The summed E-state index contributed by atoms with van der Waals surface area (Å²) >= 11 is 0. The van der Waals surface area contributed by atoms with Gasteiger partial charge in [0.1, 0.15) is 18.0 Å².